The van der Waals surface area contributed by atoms with Gasteiger partial charge in [-0.3, -0.25) is 4.79 Å². The van der Waals surface area contributed by atoms with Gasteiger partial charge in [-0.2, -0.15) is 13.2 Å². The maximum atomic E-state index is 13.1. The molecule has 1 atom stereocenters. The molecule has 2 amide bonds. The number of aryl methyl sites for hydroxylation is 2. The van der Waals surface area contributed by atoms with Crippen molar-refractivity contribution in [2.75, 3.05) is 23.5 Å². The number of halogens is 3. The molecule has 1 N–H and O–H groups in total. The second kappa shape index (κ2) is 7.26. The zero-order valence-corrected chi connectivity index (χ0v) is 15.8. The van der Waals surface area contributed by atoms with Gasteiger partial charge >= 0.3 is 12.3 Å². The summed E-state index contributed by atoms with van der Waals surface area (Å²) in [4.78, 5) is 31.1. The summed E-state index contributed by atoms with van der Waals surface area (Å²) in [6.45, 7) is 2.71. The molecule has 10 heteroatoms. The fraction of sp³-hybridized carbons (Fsp3) is 0.316. The summed E-state index contributed by atoms with van der Waals surface area (Å²) in [5.41, 5.74) is 0.0186. The molecule has 0 saturated carbocycles. The molecule has 3 rings (SSSR count). The van der Waals surface area contributed by atoms with E-state index in [9.17, 15) is 27.9 Å². The van der Waals surface area contributed by atoms with Gasteiger partial charge in [0.05, 0.1) is 5.56 Å². The monoisotopic (exact) mass is 409 g/mol. The highest BCUT2D eigenvalue weighted by Gasteiger charge is 2.43. The van der Waals surface area contributed by atoms with Crippen molar-refractivity contribution >= 4 is 23.5 Å². The lowest BCUT2D eigenvalue weighted by Crippen LogP contribution is -2.47. The Hall–Kier alpha value is -3.30. The minimum Gasteiger partial charge on any atom is -0.508 e. The van der Waals surface area contributed by atoms with E-state index in [1.54, 1.807) is 19.1 Å². The molecule has 2 aromatic rings. The van der Waals surface area contributed by atoms with E-state index in [0.29, 0.717) is 17.3 Å². The van der Waals surface area contributed by atoms with Gasteiger partial charge in [0, 0.05) is 24.5 Å². The van der Waals surface area contributed by atoms with Gasteiger partial charge in [0.25, 0.3) is 5.91 Å². The number of hydrogen-bond donors (Lipinski definition) is 1. The van der Waals surface area contributed by atoms with Gasteiger partial charge in [0.15, 0.2) is 6.04 Å². The number of anilines is 2. The van der Waals surface area contributed by atoms with Gasteiger partial charge < -0.3 is 14.7 Å². The first-order valence-electron chi connectivity index (χ1n) is 8.58. The summed E-state index contributed by atoms with van der Waals surface area (Å²) in [7, 11) is 1.43. The van der Waals surface area contributed by atoms with Crippen LogP contribution in [0, 0.1) is 13.8 Å². The van der Waals surface area contributed by atoms with Crippen molar-refractivity contribution in [3.63, 3.8) is 0 Å². The molecular formula is C19H18F3N3O4. The van der Waals surface area contributed by atoms with Crippen molar-refractivity contribution in [2.45, 2.75) is 26.1 Å². The van der Waals surface area contributed by atoms with Crippen LogP contribution in [0.2, 0.25) is 0 Å². The minimum absolute atomic E-state index is 0.0204. The molecule has 1 unspecified atom stereocenters. The third-order valence-electron chi connectivity index (χ3n) is 4.58. The number of alkyl halides is 3. The number of aromatic hydroxyl groups is 1. The predicted molar refractivity (Wildman–Crippen MR) is 97.8 cm³/mol. The third kappa shape index (κ3) is 3.96. The fourth-order valence-corrected chi connectivity index (χ4v) is 2.95. The Morgan fingerprint density at radius 2 is 1.97 bits per heavy atom. The molecule has 0 aliphatic carbocycles. The third-order valence-corrected chi connectivity index (χ3v) is 4.58. The second-order valence-corrected chi connectivity index (χ2v) is 6.68. The lowest BCUT2D eigenvalue weighted by atomic mass is 10.1. The molecule has 29 heavy (non-hydrogen) atoms. The Labute approximate surface area is 164 Å². The number of nitrogens with zero attached hydrogens (tertiary/aromatic N) is 3. The van der Waals surface area contributed by atoms with Crippen molar-refractivity contribution in [1.29, 1.82) is 0 Å². The summed E-state index contributed by atoms with van der Waals surface area (Å²) < 4.78 is 44.4. The molecule has 2 heterocycles. The number of hydrogen-bond acceptors (Lipinski definition) is 5. The van der Waals surface area contributed by atoms with Crippen molar-refractivity contribution in [1.82, 2.24) is 4.98 Å². The van der Waals surface area contributed by atoms with Gasteiger partial charge in [-0.05, 0) is 37.6 Å². The normalized spacial score (nSPS) is 16.7. The Morgan fingerprint density at radius 3 is 2.59 bits per heavy atom. The van der Waals surface area contributed by atoms with Gasteiger partial charge in [-0.25, -0.2) is 14.7 Å². The summed E-state index contributed by atoms with van der Waals surface area (Å²) in [6, 6.07) is 4.94. The number of carbonyl (C=O) groups excluding carboxylic acids is 2. The van der Waals surface area contributed by atoms with Crippen LogP contribution in [-0.2, 0) is 15.7 Å². The second-order valence-electron chi connectivity index (χ2n) is 6.68. The number of rotatable bonds is 3. The van der Waals surface area contributed by atoms with Crippen molar-refractivity contribution < 1.29 is 32.6 Å². The molecule has 1 aliphatic heterocycles. The first kappa shape index (κ1) is 20.4. The number of ether oxygens (including phenoxy) is 1. The Balaban J connectivity index is 1.95. The highest BCUT2D eigenvalue weighted by molar-refractivity contribution is 6.05. The molecule has 0 bridgehead atoms. The maximum absolute atomic E-state index is 13.1. The summed E-state index contributed by atoms with van der Waals surface area (Å²) in [6.07, 6.45) is -5.60. The average Bonchev–Trinajstić information content (AvgIpc) is 3.03. The number of phenols is 1. The highest BCUT2D eigenvalue weighted by Crippen LogP contribution is 2.33. The lowest BCUT2D eigenvalue weighted by Gasteiger charge is -2.26. The van der Waals surface area contributed by atoms with Crippen LogP contribution < -0.4 is 9.80 Å². The molecule has 0 radical (unpaired) electrons. The van der Waals surface area contributed by atoms with Gasteiger partial charge in [0.2, 0.25) is 0 Å². The number of cyclic esters (lactones) is 1. The molecule has 1 aliphatic rings. The Morgan fingerprint density at radius 1 is 1.28 bits per heavy atom. The highest BCUT2D eigenvalue weighted by atomic mass is 19.4. The first-order chi connectivity index (χ1) is 13.5. The number of phenolic OH excluding ortho intramolecular Hbond substituents is 1. The Bertz CT molecular complexity index is 978. The number of benzene rings is 1. The van der Waals surface area contributed by atoms with E-state index in [2.05, 4.69) is 4.98 Å². The summed E-state index contributed by atoms with van der Waals surface area (Å²) in [5, 5.41) is 9.86. The topological polar surface area (TPSA) is 83.0 Å². The number of aromatic nitrogens is 1. The van der Waals surface area contributed by atoms with E-state index in [1.165, 1.54) is 24.9 Å². The predicted octanol–water partition coefficient (Wildman–Crippen LogP) is 3.41. The first-order valence-corrected chi connectivity index (χ1v) is 8.58. The maximum Gasteiger partial charge on any atom is 0.416 e. The fourth-order valence-electron chi connectivity index (χ4n) is 2.95. The van der Waals surface area contributed by atoms with Crippen molar-refractivity contribution in [2.24, 2.45) is 0 Å². The molecular weight excluding hydrogens is 391 g/mol. The van der Waals surface area contributed by atoms with Crippen LogP contribution in [0.1, 0.15) is 16.8 Å². The van der Waals surface area contributed by atoms with E-state index in [1.807, 2.05) is 0 Å². The van der Waals surface area contributed by atoms with E-state index in [4.69, 9.17) is 4.74 Å². The molecule has 1 aromatic heterocycles. The summed E-state index contributed by atoms with van der Waals surface area (Å²) in [5.74, 6) is -0.942. The van der Waals surface area contributed by atoms with Crippen molar-refractivity contribution in [3.05, 3.63) is 47.2 Å². The van der Waals surface area contributed by atoms with Crippen LogP contribution in [0.3, 0.4) is 0 Å². The number of amides is 2. The minimum atomic E-state index is -4.64. The molecule has 1 aromatic carbocycles. The van der Waals surface area contributed by atoms with Crippen LogP contribution in [-0.4, -0.2) is 41.8 Å². The van der Waals surface area contributed by atoms with E-state index in [0.717, 1.165) is 11.0 Å². The zero-order valence-electron chi connectivity index (χ0n) is 15.8. The molecule has 1 fully saturated rings. The van der Waals surface area contributed by atoms with Gasteiger partial charge in [-0.15, -0.1) is 0 Å². The average molecular weight is 409 g/mol. The van der Waals surface area contributed by atoms with Crippen LogP contribution >= 0.6 is 0 Å². The van der Waals surface area contributed by atoms with E-state index in [-0.39, 0.29) is 23.9 Å². The smallest absolute Gasteiger partial charge is 0.416 e. The lowest BCUT2D eigenvalue weighted by molar-refractivity contribution is -0.137. The van der Waals surface area contributed by atoms with Crippen LogP contribution in [0.15, 0.2) is 30.3 Å². The molecule has 154 valence electrons. The van der Waals surface area contributed by atoms with Crippen LogP contribution in [0.5, 0.6) is 5.75 Å². The quantitative estimate of drug-likeness (QED) is 0.840. The SMILES string of the molecule is Cc1cc(C(F)(F)F)cc(N2C(=O)OCC2C(=O)N(C)c2ccc(C)c(O)c2)n1. The van der Waals surface area contributed by atoms with E-state index >= 15 is 0 Å². The number of carbonyl (C=O) groups is 2. The Kier molecular flexibility index (Phi) is 5.12. The number of likely N-dealkylation sites (N-methyl/N-ethyl adjacent to an activating group) is 1. The van der Waals surface area contributed by atoms with E-state index < -0.39 is 29.8 Å². The van der Waals surface area contributed by atoms with Crippen LogP contribution in [0.25, 0.3) is 0 Å². The largest absolute Gasteiger partial charge is 0.508 e. The molecule has 7 nitrogen and oxygen atoms in total. The standard InChI is InChI=1S/C19H18F3N3O4/c1-10-4-5-13(8-15(10)26)24(3)17(27)14-9-29-18(28)25(14)16-7-12(19(20,21)22)6-11(2)23-16/h4-8,14,26H,9H2,1-3H3. The zero-order chi connectivity index (χ0) is 21.5. The molecule has 0 spiro atoms. The summed E-state index contributed by atoms with van der Waals surface area (Å²) >= 11 is 0. The molecule has 1 saturated heterocycles. The number of pyridine rings is 1. The van der Waals surface area contributed by atoms with Crippen LogP contribution in [0.4, 0.5) is 29.5 Å². The van der Waals surface area contributed by atoms with Crippen molar-refractivity contribution in [3.8, 4) is 5.75 Å². The van der Waals surface area contributed by atoms with Gasteiger partial charge in [0.1, 0.15) is 18.2 Å². The van der Waals surface area contributed by atoms with Gasteiger partial charge in [-0.1, -0.05) is 6.07 Å².